The van der Waals surface area contributed by atoms with Crippen LogP contribution in [0.15, 0.2) is 85.1 Å². The molecule has 0 aromatic heterocycles. The van der Waals surface area contributed by atoms with Crippen LogP contribution in [0.4, 0.5) is 0 Å². The fourth-order valence-corrected chi connectivity index (χ4v) is 5.89. The first-order chi connectivity index (χ1) is 26.3. The van der Waals surface area contributed by atoms with E-state index in [1.165, 1.54) is 38.5 Å². The van der Waals surface area contributed by atoms with E-state index in [0.29, 0.717) is 6.42 Å². The molecule has 0 spiro atoms. The molecular weight excluding hydrogens is 701 g/mol. The second kappa shape index (κ2) is 39.9. The van der Waals surface area contributed by atoms with Gasteiger partial charge in [-0.25, -0.2) is 4.57 Å². The molecule has 308 valence electrons. The smallest absolute Gasteiger partial charge is 0.462 e. The molecule has 0 bridgehead atoms. The number of nitrogens with two attached hydrogens (primary N) is 1. The third-order valence-electron chi connectivity index (χ3n) is 8.12. The van der Waals surface area contributed by atoms with Crippen LogP contribution in [0.2, 0.25) is 0 Å². The van der Waals surface area contributed by atoms with E-state index in [4.69, 9.17) is 24.3 Å². The first-order valence-electron chi connectivity index (χ1n) is 20.6. The summed E-state index contributed by atoms with van der Waals surface area (Å²) < 4.78 is 32.7. The Morgan fingerprint density at radius 1 is 0.574 bits per heavy atom. The van der Waals surface area contributed by atoms with Gasteiger partial charge in [0.1, 0.15) is 6.61 Å². The summed E-state index contributed by atoms with van der Waals surface area (Å²) in [6, 6.07) is 0. The van der Waals surface area contributed by atoms with Crippen molar-refractivity contribution < 1.29 is 37.6 Å². The van der Waals surface area contributed by atoms with Crippen molar-refractivity contribution >= 4 is 19.8 Å². The second-order valence-corrected chi connectivity index (χ2v) is 14.6. The highest BCUT2D eigenvalue weighted by atomic mass is 31.2. The zero-order valence-corrected chi connectivity index (χ0v) is 34.6. The minimum absolute atomic E-state index is 0.0415. The van der Waals surface area contributed by atoms with Gasteiger partial charge < -0.3 is 20.1 Å². The van der Waals surface area contributed by atoms with Crippen LogP contribution in [0.1, 0.15) is 149 Å². The lowest BCUT2D eigenvalue weighted by Gasteiger charge is -2.19. The number of phosphoric acid groups is 1. The molecule has 0 aliphatic rings. The lowest BCUT2D eigenvalue weighted by molar-refractivity contribution is -0.161. The van der Waals surface area contributed by atoms with Gasteiger partial charge in [0, 0.05) is 19.4 Å². The molecule has 10 heteroatoms. The van der Waals surface area contributed by atoms with Crippen LogP contribution in [-0.4, -0.2) is 49.3 Å². The molecule has 0 aromatic rings. The molecule has 9 nitrogen and oxygen atoms in total. The van der Waals surface area contributed by atoms with Crippen LogP contribution in [0.5, 0.6) is 0 Å². The number of carbonyl (C=O) groups excluding carboxylic acids is 2. The zero-order chi connectivity index (χ0) is 39.6. The Morgan fingerprint density at radius 2 is 1.06 bits per heavy atom. The van der Waals surface area contributed by atoms with Gasteiger partial charge in [-0.15, -0.1) is 0 Å². The highest BCUT2D eigenvalue weighted by Gasteiger charge is 2.25. The van der Waals surface area contributed by atoms with Crippen LogP contribution in [0.3, 0.4) is 0 Å². The summed E-state index contributed by atoms with van der Waals surface area (Å²) in [5.74, 6) is -0.888. The highest BCUT2D eigenvalue weighted by Crippen LogP contribution is 2.43. The molecule has 2 atom stereocenters. The molecule has 0 aliphatic heterocycles. The van der Waals surface area contributed by atoms with Gasteiger partial charge in [0.05, 0.1) is 13.2 Å². The molecule has 0 saturated carbocycles. The molecule has 0 rings (SSSR count). The number of esters is 2. The standard InChI is InChI=1S/C44H74NO8P/c1-3-5-7-9-11-13-15-17-18-19-20-21-22-23-25-26-28-30-32-34-36-43(46)50-40-42(41-52-54(48,49)51-39-38-45)53-44(47)37-35-33-31-29-27-24-16-14-12-10-8-6-4-2/h5-8,10-14,16-18,24,27,42H,3-4,9,15,19-23,25-26,28-41,45H2,1-2H3,(H,48,49)/b7-5+,8-6+,12-10+,13-11+,16-14+,18-17+,27-24+. The lowest BCUT2D eigenvalue weighted by Crippen LogP contribution is -2.29. The fraction of sp³-hybridized carbons (Fsp3) is 0.636. The van der Waals surface area contributed by atoms with Crippen molar-refractivity contribution in [2.45, 2.75) is 155 Å². The van der Waals surface area contributed by atoms with E-state index in [9.17, 15) is 19.0 Å². The van der Waals surface area contributed by atoms with Gasteiger partial charge in [0.25, 0.3) is 0 Å². The van der Waals surface area contributed by atoms with Crippen LogP contribution in [0.25, 0.3) is 0 Å². The molecule has 0 radical (unpaired) electrons. The van der Waals surface area contributed by atoms with Gasteiger partial charge in [-0.2, -0.15) is 0 Å². The summed E-state index contributed by atoms with van der Waals surface area (Å²) in [7, 11) is -4.39. The van der Waals surface area contributed by atoms with Crippen molar-refractivity contribution in [3.63, 3.8) is 0 Å². The normalized spacial score (nSPS) is 14.2. The molecule has 54 heavy (non-hydrogen) atoms. The van der Waals surface area contributed by atoms with E-state index in [0.717, 1.165) is 77.0 Å². The van der Waals surface area contributed by atoms with E-state index in [-0.39, 0.29) is 32.6 Å². The SMILES string of the molecule is CC/C=C/C=C/C=C/C=C/CCCCCC(=O)OC(COC(=O)CCCCCCCCCCCC/C=C/C/C=C/C/C=C/CC)COP(=O)(O)OCCN. The maximum atomic E-state index is 12.5. The number of hydrogen-bond donors (Lipinski definition) is 2. The van der Waals surface area contributed by atoms with E-state index in [1.807, 2.05) is 36.5 Å². The van der Waals surface area contributed by atoms with Crippen molar-refractivity contribution in [2.75, 3.05) is 26.4 Å². The van der Waals surface area contributed by atoms with Crippen LogP contribution in [-0.2, 0) is 32.7 Å². The molecule has 0 fully saturated rings. The zero-order valence-electron chi connectivity index (χ0n) is 33.7. The van der Waals surface area contributed by atoms with Crippen molar-refractivity contribution in [3.8, 4) is 0 Å². The number of ether oxygens (including phenoxy) is 2. The predicted molar refractivity (Wildman–Crippen MR) is 224 cm³/mol. The average molecular weight is 776 g/mol. The summed E-state index contributed by atoms with van der Waals surface area (Å²) in [5, 5.41) is 0. The average Bonchev–Trinajstić information content (AvgIpc) is 3.16. The summed E-state index contributed by atoms with van der Waals surface area (Å²) in [4.78, 5) is 34.8. The van der Waals surface area contributed by atoms with E-state index >= 15 is 0 Å². The molecule has 0 aromatic carbocycles. The number of carbonyl (C=O) groups is 2. The first-order valence-corrected chi connectivity index (χ1v) is 22.1. The molecule has 2 unspecified atom stereocenters. The summed E-state index contributed by atoms with van der Waals surface area (Å²) in [6.07, 6.45) is 49.1. The van der Waals surface area contributed by atoms with Crippen molar-refractivity contribution in [2.24, 2.45) is 5.73 Å². The highest BCUT2D eigenvalue weighted by molar-refractivity contribution is 7.47. The Morgan fingerprint density at radius 3 is 1.67 bits per heavy atom. The fourth-order valence-electron chi connectivity index (χ4n) is 5.13. The molecule has 0 amide bonds. The van der Waals surface area contributed by atoms with E-state index in [2.05, 4.69) is 62.5 Å². The maximum absolute atomic E-state index is 12.5. The molecule has 0 saturated heterocycles. The minimum Gasteiger partial charge on any atom is -0.462 e. The first kappa shape index (κ1) is 51.2. The number of unbranched alkanes of at least 4 members (excludes halogenated alkanes) is 13. The lowest BCUT2D eigenvalue weighted by atomic mass is 10.1. The maximum Gasteiger partial charge on any atom is 0.472 e. The van der Waals surface area contributed by atoms with E-state index in [1.54, 1.807) is 0 Å². The number of hydrogen-bond acceptors (Lipinski definition) is 8. The van der Waals surface area contributed by atoms with Crippen molar-refractivity contribution in [1.82, 2.24) is 0 Å². The second-order valence-electron chi connectivity index (χ2n) is 13.2. The van der Waals surface area contributed by atoms with E-state index < -0.39 is 32.5 Å². The van der Waals surface area contributed by atoms with Crippen molar-refractivity contribution in [3.05, 3.63) is 85.1 Å². The Kier molecular flexibility index (Phi) is 37.8. The Bertz CT molecular complexity index is 1160. The largest absolute Gasteiger partial charge is 0.472 e. The monoisotopic (exact) mass is 776 g/mol. The van der Waals surface area contributed by atoms with Gasteiger partial charge in [0.15, 0.2) is 6.10 Å². The molecule has 3 N–H and O–H groups in total. The summed E-state index contributed by atoms with van der Waals surface area (Å²) in [5.41, 5.74) is 5.33. The van der Waals surface area contributed by atoms with Crippen LogP contribution >= 0.6 is 7.82 Å². The van der Waals surface area contributed by atoms with Gasteiger partial charge >= 0.3 is 19.8 Å². The summed E-state index contributed by atoms with van der Waals surface area (Å²) >= 11 is 0. The molecule has 0 heterocycles. The Hall–Kier alpha value is -2.81. The number of rotatable bonds is 37. The van der Waals surface area contributed by atoms with Gasteiger partial charge in [-0.05, 0) is 64.2 Å². The van der Waals surface area contributed by atoms with Crippen LogP contribution in [0, 0.1) is 0 Å². The van der Waals surface area contributed by atoms with Gasteiger partial charge in [-0.3, -0.25) is 18.6 Å². The quantitative estimate of drug-likeness (QED) is 0.0208. The Balaban J connectivity index is 4.20. The topological polar surface area (TPSA) is 134 Å². The van der Waals surface area contributed by atoms with Crippen LogP contribution < -0.4 is 5.73 Å². The summed E-state index contributed by atoms with van der Waals surface area (Å²) in [6.45, 7) is 3.40. The van der Waals surface area contributed by atoms with Gasteiger partial charge in [0.2, 0.25) is 0 Å². The number of phosphoric ester groups is 1. The molecule has 0 aliphatic carbocycles. The molecular formula is C44H74NO8P. The Labute approximate surface area is 328 Å². The van der Waals surface area contributed by atoms with Crippen molar-refractivity contribution in [1.29, 1.82) is 0 Å². The predicted octanol–water partition coefficient (Wildman–Crippen LogP) is 11.7. The third-order valence-corrected chi connectivity index (χ3v) is 9.11. The number of allylic oxidation sites excluding steroid dienone is 14. The third kappa shape index (κ3) is 38.9. The van der Waals surface area contributed by atoms with Gasteiger partial charge in [-0.1, -0.05) is 157 Å². The minimum atomic E-state index is -4.39.